The van der Waals surface area contributed by atoms with E-state index >= 15 is 0 Å². The Hall–Kier alpha value is -0.950. The predicted molar refractivity (Wildman–Crippen MR) is 73.3 cm³/mol. The van der Waals surface area contributed by atoms with Crippen LogP contribution in [0.5, 0.6) is 0 Å². The molecule has 0 aliphatic heterocycles. The SMILES string of the molecule is CCc1ccc(S(=O)(=O)NC(CC)(CO)CO)cc1. The number of hydrogen-bond acceptors (Lipinski definition) is 4. The highest BCUT2D eigenvalue weighted by Gasteiger charge is 2.32. The molecular formula is C13H21NO4S. The molecule has 0 saturated heterocycles. The standard InChI is InChI=1S/C13H21NO4S/c1-3-11-5-7-12(8-6-11)19(17,18)14-13(4-2,9-15)10-16/h5-8,14-16H,3-4,9-10H2,1-2H3. The summed E-state index contributed by atoms with van der Waals surface area (Å²) in [6.45, 7) is 2.79. The second kappa shape index (κ2) is 6.47. The van der Waals surface area contributed by atoms with Gasteiger partial charge in [-0.25, -0.2) is 13.1 Å². The Morgan fingerprint density at radius 1 is 1.11 bits per heavy atom. The van der Waals surface area contributed by atoms with Crippen LogP contribution in [0.3, 0.4) is 0 Å². The van der Waals surface area contributed by atoms with Crippen molar-refractivity contribution in [2.45, 2.75) is 37.1 Å². The van der Waals surface area contributed by atoms with Crippen LogP contribution in [0.25, 0.3) is 0 Å². The van der Waals surface area contributed by atoms with Crippen molar-refractivity contribution >= 4 is 10.0 Å². The van der Waals surface area contributed by atoms with Crippen molar-refractivity contribution in [2.75, 3.05) is 13.2 Å². The Morgan fingerprint density at radius 2 is 1.63 bits per heavy atom. The number of sulfonamides is 1. The molecule has 0 atom stereocenters. The van der Waals surface area contributed by atoms with E-state index in [0.717, 1.165) is 12.0 Å². The third-order valence-corrected chi connectivity index (χ3v) is 4.87. The number of aliphatic hydroxyl groups is 2. The molecule has 19 heavy (non-hydrogen) atoms. The maximum absolute atomic E-state index is 12.2. The lowest BCUT2D eigenvalue weighted by Gasteiger charge is -2.29. The number of hydrogen-bond donors (Lipinski definition) is 3. The molecular weight excluding hydrogens is 266 g/mol. The first-order chi connectivity index (χ1) is 8.93. The molecule has 1 aromatic carbocycles. The van der Waals surface area contributed by atoms with Crippen molar-refractivity contribution in [1.29, 1.82) is 0 Å². The molecule has 0 saturated carbocycles. The first-order valence-corrected chi connectivity index (χ1v) is 7.76. The van der Waals surface area contributed by atoms with Crippen LogP contribution in [0.1, 0.15) is 25.8 Å². The lowest BCUT2D eigenvalue weighted by molar-refractivity contribution is 0.105. The molecule has 0 spiro atoms. The highest BCUT2D eigenvalue weighted by Crippen LogP contribution is 2.16. The van der Waals surface area contributed by atoms with Crippen molar-refractivity contribution in [3.8, 4) is 0 Å². The van der Waals surface area contributed by atoms with Crippen molar-refractivity contribution in [3.63, 3.8) is 0 Å². The van der Waals surface area contributed by atoms with Gasteiger partial charge in [0.1, 0.15) is 0 Å². The van der Waals surface area contributed by atoms with Crippen LogP contribution in [0.2, 0.25) is 0 Å². The number of aliphatic hydroxyl groups excluding tert-OH is 2. The zero-order valence-corrected chi connectivity index (χ0v) is 12.1. The van der Waals surface area contributed by atoms with Gasteiger partial charge in [0.2, 0.25) is 10.0 Å². The van der Waals surface area contributed by atoms with Gasteiger partial charge in [0.15, 0.2) is 0 Å². The third-order valence-electron chi connectivity index (χ3n) is 3.27. The summed E-state index contributed by atoms with van der Waals surface area (Å²) in [6, 6.07) is 6.55. The Kier molecular flexibility index (Phi) is 5.49. The van der Waals surface area contributed by atoms with Crippen molar-refractivity contribution in [3.05, 3.63) is 29.8 Å². The van der Waals surface area contributed by atoms with E-state index in [-0.39, 0.29) is 4.90 Å². The highest BCUT2D eigenvalue weighted by atomic mass is 32.2. The van der Waals surface area contributed by atoms with E-state index < -0.39 is 28.8 Å². The third kappa shape index (κ3) is 3.76. The second-order valence-electron chi connectivity index (χ2n) is 4.55. The number of benzene rings is 1. The normalized spacial score (nSPS) is 12.6. The van der Waals surface area contributed by atoms with Crippen LogP contribution in [-0.4, -0.2) is 37.4 Å². The first kappa shape index (κ1) is 16.1. The van der Waals surface area contributed by atoms with Gasteiger partial charge in [-0.1, -0.05) is 26.0 Å². The lowest BCUT2D eigenvalue weighted by atomic mass is 10.0. The van der Waals surface area contributed by atoms with Gasteiger partial charge in [0.05, 0.1) is 23.6 Å². The van der Waals surface area contributed by atoms with Gasteiger partial charge in [-0.2, -0.15) is 0 Å². The van der Waals surface area contributed by atoms with Crippen LogP contribution in [0.15, 0.2) is 29.2 Å². The average molecular weight is 287 g/mol. The lowest BCUT2D eigenvalue weighted by Crippen LogP contribution is -2.53. The minimum Gasteiger partial charge on any atom is -0.394 e. The molecule has 1 aromatic rings. The van der Waals surface area contributed by atoms with Crippen LogP contribution in [-0.2, 0) is 16.4 Å². The summed E-state index contributed by atoms with van der Waals surface area (Å²) in [5.74, 6) is 0. The maximum Gasteiger partial charge on any atom is 0.241 e. The molecule has 108 valence electrons. The van der Waals surface area contributed by atoms with Crippen molar-refractivity contribution in [1.82, 2.24) is 4.72 Å². The van der Waals surface area contributed by atoms with Crippen LogP contribution < -0.4 is 4.72 Å². The fourth-order valence-electron chi connectivity index (χ4n) is 1.66. The average Bonchev–Trinajstić information content (AvgIpc) is 2.45. The number of nitrogens with one attached hydrogen (secondary N) is 1. The zero-order chi connectivity index (χ0) is 14.5. The molecule has 1 rings (SSSR count). The topological polar surface area (TPSA) is 86.6 Å². The molecule has 0 aliphatic carbocycles. The maximum atomic E-state index is 12.2. The fraction of sp³-hybridized carbons (Fsp3) is 0.538. The van der Waals surface area contributed by atoms with Crippen LogP contribution in [0, 0.1) is 0 Å². The number of rotatable bonds is 7. The molecule has 0 bridgehead atoms. The summed E-state index contributed by atoms with van der Waals surface area (Å²) in [5, 5.41) is 18.6. The molecule has 0 aromatic heterocycles. The smallest absolute Gasteiger partial charge is 0.241 e. The summed E-state index contributed by atoms with van der Waals surface area (Å²) in [4.78, 5) is 0.129. The molecule has 0 unspecified atom stereocenters. The van der Waals surface area contributed by atoms with E-state index in [9.17, 15) is 18.6 Å². The minimum atomic E-state index is -3.75. The molecule has 0 aliphatic rings. The predicted octanol–water partition coefficient (Wildman–Crippen LogP) is 0.661. The van der Waals surface area contributed by atoms with Gasteiger partial charge in [-0.05, 0) is 30.5 Å². The molecule has 0 fully saturated rings. The Bertz CT molecular complexity index is 484. The summed E-state index contributed by atoms with van der Waals surface area (Å²) in [5.41, 5.74) is -0.174. The summed E-state index contributed by atoms with van der Waals surface area (Å²) in [7, 11) is -3.75. The summed E-state index contributed by atoms with van der Waals surface area (Å²) >= 11 is 0. The first-order valence-electron chi connectivity index (χ1n) is 6.27. The zero-order valence-electron chi connectivity index (χ0n) is 11.3. The van der Waals surface area contributed by atoms with Gasteiger partial charge in [-0.3, -0.25) is 0 Å². The van der Waals surface area contributed by atoms with Crippen LogP contribution >= 0.6 is 0 Å². The Labute approximate surface area is 114 Å². The van der Waals surface area contributed by atoms with Crippen molar-refractivity contribution in [2.24, 2.45) is 0 Å². The van der Waals surface area contributed by atoms with Gasteiger partial charge < -0.3 is 10.2 Å². The van der Waals surface area contributed by atoms with E-state index in [4.69, 9.17) is 0 Å². The molecule has 3 N–H and O–H groups in total. The van der Waals surface area contributed by atoms with Gasteiger partial charge in [0, 0.05) is 0 Å². The monoisotopic (exact) mass is 287 g/mol. The largest absolute Gasteiger partial charge is 0.394 e. The van der Waals surface area contributed by atoms with Gasteiger partial charge >= 0.3 is 0 Å². The Balaban J connectivity index is 3.03. The van der Waals surface area contributed by atoms with E-state index in [0.29, 0.717) is 6.42 Å². The highest BCUT2D eigenvalue weighted by molar-refractivity contribution is 7.89. The van der Waals surface area contributed by atoms with E-state index in [2.05, 4.69) is 4.72 Å². The number of aryl methyl sites for hydroxylation is 1. The molecule has 0 radical (unpaired) electrons. The van der Waals surface area contributed by atoms with Crippen LogP contribution in [0.4, 0.5) is 0 Å². The van der Waals surface area contributed by atoms with Gasteiger partial charge in [0.25, 0.3) is 0 Å². The van der Waals surface area contributed by atoms with E-state index in [1.807, 2.05) is 6.92 Å². The molecule has 0 amide bonds. The molecule has 6 heteroatoms. The van der Waals surface area contributed by atoms with Crippen molar-refractivity contribution < 1.29 is 18.6 Å². The van der Waals surface area contributed by atoms with Gasteiger partial charge in [-0.15, -0.1) is 0 Å². The van der Waals surface area contributed by atoms with E-state index in [1.54, 1.807) is 19.1 Å². The molecule has 5 nitrogen and oxygen atoms in total. The fourth-order valence-corrected chi connectivity index (χ4v) is 3.11. The molecule has 0 heterocycles. The van der Waals surface area contributed by atoms with E-state index in [1.165, 1.54) is 12.1 Å². The summed E-state index contributed by atoms with van der Waals surface area (Å²) < 4.78 is 26.8. The summed E-state index contributed by atoms with van der Waals surface area (Å²) in [6.07, 6.45) is 1.13. The quantitative estimate of drug-likeness (QED) is 0.687. The minimum absolute atomic E-state index is 0.129. The Morgan fingerprint density at radius 3 is 2.00 bits per heavy atom. The second-order valence-corrected chi connectivity index (χ2v) is 6.24.